The molecule has 21 heavy (non-hydrogen) atoms. The van der Waals surface area contributed by atoms with Gasteiger partial charge in [0.15, 0.2) is 0 Å². The summed E-state index contributed by atoms with van der Waals surface area (Å²) in [7, 11) is 0. The molecule has 0 amide bonds. The van der Waals surface area contributed by atoms with E-state index in [1.54, 1.807) is 0 Å². The second kappa shape index (κ2) is 5.96. The van der Waals surface area contributed by atoms with E-state index in [4.69, 9.17) is 15.3 Å². The van der Waals surface area contributed by atoms with Gasteiger partial charge >= 0.3 is 0 Å². The molecule has 0 aromatic carbocycles. The van der Waals surface area contributed by atoms with Crippen molar-refractivity contribution in [3.05, 3.63) is 23.0 Å². The van der Waals surface area contributed by atoms with Gasteiger partial charge in [-0.3, -0.25) is 11.3 Å². The summed E-state index contributed by atoms with van der Waals surface area (Å²) in [4.78, 5) is 0. The summed E-state index contributed by atoms with van der Waals surface area (Å²) in [6.07, 6.45) is 2.95. The van der Waals surface area contributed by atoms with Crippen molar-refractivity contribution in [2.45, 2.75) is 44.8 Å². The Morgan fingerprint density at radius 1 is 1.38 bits per heavy atom. The van der Waals surface area contributed by atoms with Gasteiger partial charge in [-0.15, -0.1) is 0 Å². The van der Waals surface area contributed by atoms with E-state index < -0.39 is 0 Å². The summed E-state index contributed by atoms with van der Waals surface area (Å²) in [5.74, 6) is 6.30. The van der Waals surface area contributed by atoms with E-state index in [1.165, 1.54) is 0 Å². The molecule has 3 rings (SSSR count). The van der Waals surface area contributed by atoms with Crippen molar-refractivity contribution >= 4 is 0 Å². The van der Waals surface area contributed by atoms with Crippen molar-refractivity contribution in [3.63, 3.8) is 0 Å². The van der Waals surface area contributed by atoms with Crippen molar-refractivity contribution in [3.8, 4) is 0 Å². The van der Waals surface area contributed by atoms with Gasteiger partial charge in [-0.25, -0.2) is 0 Å². The minimum Gasteiger partial charge on any atom is -0.378 e. The van der Waals surface area contributed by atoms with Crippen LogP contribution >= 0.6 is 0 Å². The zero-order chi connectivity index (χ0) is 14.9. The summed E-state index contributed by atoms with van der Waals surface area (Å²) in [6, 6.07) is 2.17. The Labute approximate surface area is 125 Å². The standard InChI is InChI=1S/C15H24N4O2/c1-10-7-13(11(2)19-18-10)14(17-16)12-3-5-21-15(8-12)4-6-20-9-15/h7,12,14,17H,3-6,8-9,16H2,1-2H3. The lowest BCUT2D eigenvalue weighted by Crippen LogP contribution is -2.45. The number of nitrogens with zero attached hydrogens (tertiary/aromatic N) is 2. The monoisotopic (exact) mass is 292 g/mol. The first kappa shape index (κ1) is 14.8. The van der Waals surface area contributed by atoms with Crippen LogP contribution in [0.4, 0.5) is 0 Å². The van der Waals surface area contributed by atoms with Crippen molar-refractivity contribution in [2.75, 3.05) is 19.8 Å². The molecule has 3 unspecified atom stereocenters. The lowest BCUT2D eigenvalue weighted by molar-refractivity contribution is -0.103. The first-order valence-corrected chi connectivity index (χ1v) is 7.62. The number of nitrogens with one attached hydrogen (secondary N) is 1. The van der Waals surface area contributed by atoms with Gasteiger partial charge in [0.05, 0.1) is 29.6 Å². The van der Waals surface area contributed by atoms with E-state index in [0.717, 1.165) is 49.4 Å². The van der Waals surface area contributed by atoms with Crippen molar-refractivity contribution in [1.29, 1.82) is 0 Å². The van der Waals surface area contributed by atoms with Gasteiger partial charge in [0.2, 0.25) is 0 Å². The molecule has 6 heteroatoms. The molecular formula is C15H24N4O2. The number of aromatic nitrogens is 2. The van der Waals surface area contributed by atoms with Gasteiger partial charge in [-0.05, 0) is 44.2 Å². The van der Waals surface area contributed by atoms with Gasteiger partial charge in [-0.1, -0.05) is 0 Å². The number of ether oxygens (including phenoxy) is 2. The van der Waals surface area contributed by atoms with Gasteiger partial charge in [0, 0.05) is 19.6 Å². The third-order valence-electron chi connectivity index (χ3n) is 4.72. The Kier molecular flexibility index (Phi) is 4.21. The average molecular weight is 292 g/mol. The third kappa shape index (κ3) is 2.94. The summed E-state index contributed by atoms with van der Waals surface area (Å²) >= 11 is 0. The summed E-state index contributed by atoms with van der Waals surface area (Å²) in [6.45, 7) is 6.21. The molecule has 3 N–H and O–H groups in total. The Bertz CT molecular complexity index is 502. The molecule has 0 saturated carbocycles. The molecule has 2 aliphatic heterocycles. The van der Waals surface area contributed by atoms with Crippen molar-refractivity contribution < 1.29 is 9.47 Å². The highest BCUT2D eigenvalue weighted by molar-refractivity contribution is 5.24. The SMILES string of the molecule is Cc1cc(C(NN)C2CCOC3(CCOC3)C2)c(C)nn1. The van der Waals surface area contributed by atoms with E-state index in [2.05, 4.69) is 21.7 Å². The first-order chi connectivity index (χ1) is 10.1. The van der Waals surface area contributed by atoms with Crippen LogP contribution in [-0.2, 0) is 9.47 Å². The quantitative estimate of drug-likeness (QED) is 0.643. The number of rotatable bonds is 3. The second-order valence-corrected chi connectivity index (χ2v) is 6.26. The fourth-order valence-electron chi connectivity index (χ4n) is 3.58. The largest absolute Gasteiger partial charge is 0.378 e. The van der Waals surface area contributed by atoms with E-state index in [0.29, 0.717) is 12.5 Å². The van der Waals surface area contributed by atoms with Crippen molar-refractivity contribution in [1.82, 2.24) is 15.6 Å². The molecule has 0 radical (unpaired) electrons. The van der Waals surface area contributed by atoms with Crippen LogP contribution in [0.5, 0.6) is 0 Å². The molecule has 3 atom stereocenters. The molecule has 1 aromatic rings. The molecule has 116 valence electrons. The van der Waals surface area contributed by atoms with Crippen LogP contribution in [0.1, 0.15) is 42.3 Å². The maximum absolute atomic E-state index is 6.02. The summed E-state index contributed by atoms with van der Waals surface area (Å²) in [5.41, 5.74) is 5.89. The summed E-state index contributed by atoms with van der Waals surface area (Å²) < 4.78 is 11.6. The zero-order valence-corrected chi connectivity index (χ0v) is 12.8. The highest BCUT2D eigenvalue weighted by Crippen LogP contribution is 2.41. The van der Waals surface area contributed by atoms with Crippen LogP contribution in [0, 0.1) is 19.8 Å². The van der Waals surface area contributed by atoms with E-state index in [9.17, 15) is 0 Å². The molecule has 2 aliphatic rings. The van der Waals surface area contributed by atoms with E-state index >= 15 is 0 Å². The third-order valence-corrected chi connectivity index (χ3v) is 4.72. The minimum atomic E-state index is -0.110. The van der Waals surface area contributed by atoms with E-state index in [1.807, 2.05) is 13.8 Å². The highest BCUT2D eigenvalue weighted by Gasteiger charge is 2.43. The normalized spacial score (nSPS) is 30.7. The molecular weight excluding hydrogens is 268 g/mol. The second-order valence-electron chi connectivity index (χ2n) is 6.26. The van der Waals surface area contributed by atoms with Crippen LogP contribution in [-0.4, -0.2) is 35.6 Å². The molecule has 3 heterocycles. The Balaban J connectivity index is 1.84. The maximum Gasteiger partial charge on any atom is 0.0940 e. The fraction of sp³-hybridized carbons (Fsp3) is 0.733. The van der Waals surface area contributed by atoms with Crippen LogP contribution in [0.3, 0.4) is 0 Å². The number of nitrogens with two attached hydrogens (primary N) is 1. The molecule has 2 fully saturated rings. The van der Waals surface area contributed by atoms with Crippen LogP contribution in [0.15, 0.2) is 6.07 Å². The van der Waals surface area contributed by atoms with Crippen LogP contribution in [0.25, 0.3) is 0 Å². The van der Waals surface area contributed by atoms with Gasteiger partial charge in [-0.2, -0.15) is 10.2 Å². The molecule has 6 nitrogen and oxygen atoms in total. The molecule has 1 spiro atoms. The average Bonchev–Trinajstić information content (AvgIpc) is 2.91. The predicted molar refractivity (Wildman–Crippen MR) is 78.4 cm³/mol. The number of hydrazine groups is 1. The molecule has 1 aromatic heterocycles. The Hall–Kier alpha value is -1.08. The van der Waals surface area contributed by atoms with Crippen molar-refractivity contribution in [2.24, 2.45) is 11.8 Å². The van der Waals surface area contributed by atoms with Gasteiger partial charge in [0.1, 0.15) is 0 Å². The molecule has 2 saturated heterocycles. The number of hydrogen-bond acceptors (Lipinski definition) is 6. The van der Waals surface area contributed by atoms with Gasteiger partial charge < -0.3 is 9.47 Å². The first-order valence-electron chi connectivity index (χ1n) is 7.62. The molecule has 0 bridgehead atoms. The lowest BCUT2D eigenvalue weighted by Gasteiger charge is -2.40. The summed E-state index contributed by atoms with van der Waals surface area (Å²) in [5, 5.41) is 8.34. The lowest BCUT2D eigenvalue weighted by atomic mass is 9.79. The van der Waals surface area contributed by atoms with Gasteiger partial charge in [0.25, 0.3) is 0 Å². The Morgan fingerprint density at radius 3 is 2.95 bits per heavy atom. The van der Waals surface area contributed by atoms with E-state index in [-0.39, 0.29) is 11.6 Å². The predicted octanol–water partition coefficient (Wildman–Crippen LogP) is 1.18. The topological polar surface area (TPSA) is 82.3 Å². The Morgan fingerprint density at radius 2 is 2.24 bits per heavy atom. The van der Waals surface area contributed by atoms with Crippen LogP contribution in [0.2, 0.25) is 0 Å². The number of aryl methyl sites for hydroxylation is 2. The zero-order valence-electron chi connectivity index (χ0n) is 12.8. The maximum atomic E-state index is 6.02. The highest BCUT2D eigenvalue weighted by atomic mass is 16.6. The minimum absolute atomic E-state index is 0.0839. The number of hydrogen-bond donors (Lipinski definition) is 2. The van der Waals surface area contributed by atoms with Crippen LogP contribution < -0.4 is 11.3 Å². The fourth-order valence-corrected chi connectivity index (χ4v) is 3.58. The smallest absolute Gasteiger partial charge is 0.0940 e. The molecule has 0 aliphatic carbocycles.